The molecule has 23 heavy (non-hydrogen) atoms. The Morgan fingerprint density at radius 2 is 1.91 bits per heavy atom. The van der Waals surface area contributed by atoms with E-state index in [0.29, 0.717) is 13.0 Å². The van der Waals surface area contributed by atoms with Crippen LogP contribution in [0.25, 0.3) is 0 Å². The molecular weight excluding hydrogens is 286 g/mol. The van der Waals surface area contributed by atoms with E-state index in [1.54, 1.807) is 0 Å². The Balaban J connectivity index is 1.61. The van der Waals surface area contributed by atoms with Crippen molar-refractivity contribution in [2.75, 3.05) is 11.4 Å². The topological polar surface area (TPSA) is 29.5 Å². The minimum Gasteiger partial charge on any atom is -0.487 e. The van der Waals surface area contributed by atoms with Crippen molar-refractivity contribution in [2.24, 2.45) is 0 Å². The molecule has 1 heterocycles. The fourth-order valence-corrected chi connectivity index (χ4v) is 2.96. The third-order valence-electron chi connectivity index (χ3n) is 4.20. The number of carbonyl (C=O) groups excluding carboxylic acids is 1. The molecule has 0 saturated carbocycles. The van der Waals surface area contributed by atoms with E-state index < -0.39 is 0 Å². The fourth-order valence-electron chi connectivity index (χ4n) is 2.96. The molecule has 1 atom stereocenters. The van der Waals surface area contributed by atoms with Crippen molar-refractivity contribution in [3.05, 3.63) is 59.7 Å². The third kappa shape index (κ3) is 3.73. The minimum atomic E-state index is 0.0333. The highest BCUT2D eigenvalue weighted by Crippen LogP contribution is 2.33. The molecule has 2 aromatic rings. The van der Waals surface area contributed by atoms with Gasteiger partial charge in [-0.3, -0.25) is 4.79 Å². The zero-order chi connectivity index (χ0) is 16.2. The van der Waals surface area contributed by atoms with Gasteiger partial charge in [0.1, 0.15) is 11.9 Å². The lowest BCUT2D eigenvalue weighted by molar-refractivity contribution is -0.119. The molecule has 0 aromatic heterocycles. The fraction of sp³-hybridized carbons (Fsp3) is 0.350. The summed E-state index contributed by atoms with van der Waals surface area (Å²) < 4.78 is 5.80. The summed E-state index contributed by atoms with van der Waals surface area (Å²) in [4.78, 5) is 14.5. The van der Waals surface area contributed by atoms with Crippen molar-refractivity contribution in [2.45, 2.75) is 39.2 Å². The monoisotopic (exact) mass is 309 g/mol. The van der Waals surface area contributed by atoms with E-state index in [-0.39, 0.29) is 12.0 Å². The minimum absolute atomic E-state index is 0.0333. The first-order chi connectivity index (χ1) is 11.1. The first-order valence-electron chi connectivity index (χ1n) is 8.25. The van der Waals surface area contributed by atoms with Crippen LogP contribution in [0, 0.1) is 6.92 Å². The van der Waals surface area contributed by atoms with Crippen LogP contribution in [-0.2, 0) is 11.2 Å². The second-order valence-corrected chi connectivity index (χ2v) is 6.24. The number of fused-ring (bicyclic) bond motifs is 1. The van der Waals surface area contributed by atoms with E-state index in [2.05, 4.69) is 31.2 Å². The van der Waals surface area contributed by atoms with Crippen LogP contribution < -0.4 is 9.64 Å². The summed E-state index contributed by atoms with van der Waals surface area (Å²) in [5.74, 6) is 0.984. The summed E-state index contributed by atoms with van der Waals surface area (Å²) in [5.41, 5.74) is 3.45. The number of rotatable bonds is 4. The van der Waals surface area contributed by atoms with Gasteiger partial charge in [-0.1, -0.05) is 42.0 Å². The van der Waals surface area contributed by atoms with Crippen molar-refractivity contribution in [3.8, 4) is 5.75 Å². The van der Waals surface area contributed by atoms with Gasteiger partial charge in [0.15, 0.2) is 0 Å². The Morgan fingerprint density at radius 3 is 2.70 bits per heavy atom. The van der Waals surface area contributed by atoms with E-state index in [1.165, 1.54) is 11.1 Å². The second kappa shape index (κ2) is 6.86. The summed E-state index contributed by atoms with van der Waals surface area (Å²) in [6.07, 6.45) is 2.41. The number of aryl methyl sites for hydroxylation is 2. The quantitative estimate of drug-likeness (QED) is 0.850. The van der Waals surface area contributed by atoms with Crippen molar-refractivity contribution in [1.82, 2.24) is 0 Å². The number of anilines is 1. The molecule has 0 saturated heterocycles. The molecule has 1 aliphatic rings. The number of nitrogens with zero attached hydrogens (tertiary/aromatic N) is 1. The molecule has 1 amide bonds. The van der Waals surface area contributed by atoms with Crippen molar-refractivity contribution >= 4 is 11.6 Å². The first kappa shape index (κ1) is 15.6. The first-order valence-corrected chi connectivity index (χ1v) is 8.25. The molecule has 0 spiro atoms. The summed E-state index contributed by atoms with van der Waals surface area (Å²) in [7, 11) is 0. The van der Waals surface area contributed by atoms with Crippen LogP contribution in [0.15, 0.2) is 48.5 Å². The molecule has 2 aromatic carbocycles. The van der Waals surface area contributed by atoms with Crippen LogP contribution in [-0.4, -0.2) is 18.6 Å². The van der Waals surface area contributed by atoms with Gasteiger partial charge in [0, 0.05) is 6.42 Å². The lowest BCUT2D eigenvalue weighted by Crippen LogP contribution is -2.42. The Morgan fingerprint density at radius 1 is 1.17 bits per heavy atom. The van der Waals surface area contributed by atoms with Crippen molar-refractivity contribution in [1.29, 1.82) is 0 Å². The highest BCUT2D eigenvalue weighted by atomic mass is 16.5. The van der Waals surface area contributed by atoms with Gasteiger partial charge >= 0.3 is 0 Å². The average Bonchev–Trinajstić information content (AvgIpc) is 2.55. The molecule has 120 valence electrons. The lowest BCUT2D eigenvalue weighted by Gasteiger charge is -2.33. The van der Waals surface area contributed by atoms with Gasteiger partial charge in [-0.15, -0.1) is 0 Å². The Kier molecular flexibility index (Phi) is 4.65. The maximum atomic E-state index is 12.6. The van der Waals surface area contributed by atoms with Crippen LogP contribution in [0.3, 0.4) is 0 Å². The van der Waals surface area contributed by atoms with Crippen molar-refractivity contribution < 1.29 is 9.53 Å². The molecule has 3 nitrogen and oxygen atoms in total. The molecule has 0 fully saturated rings. The summed E-state index contributed by atoms with van der Waals surface area (Å²) in [6.45, 7) is 4.72. The standard InChI is InChI=1S/C20H23NO2/c1-15-10-12-17(13-11-15)6-5-9-20(22)21-14-16(2)23-19-8-4-3-7-18(19)21/h3-4,7-8,10-13,16H,5-6,9,14H2,1-2H3. The Labute approximate surface area is 137 Å². The van der Waals surface area contributed by atoms with Crippen LogP contribution in [0.1, 0.15) is 30.9 Å². The van der Waals surface area contributed by atoms with E-state index in [0.717, 1.165) is 24.3 Å². The van der Waals surface area contributed by atoms with Gasteiger partial charge in [-0.05, 0) is 44.4 Å². The SMILES string of the molecule is Cc1ccc(CCCC(=O)N2CC(C)Oc3ccccc32)cc1. The lowest BCUT2D eigenvalue weighted by atomic mass is 10.1. The van der Waals surface area contributed by atoms with E-state index >= 15 is 0 Å². The smallest absolute Gasteiger partial charge is 0.227 e. The molecule has 1 aliphatic heterocycles. The Bertz CT molecular complexity index is 678. The van der Waals surface area contributed by atoms with Crippen molar-refractivity contribution in [3.63, 3.8) is 0 Å². The molecule has 1 unspecified atom stereocenters. The third-order valence-corrected chi connectivity index (χ3v) is 4.20. The number of para-hydroxylation sites is 2. The zero-order valence-corrected chi connectivity index (χ0v) is 13.8. The van der Waals surface area contributed by atoms with Crippen LogP contribution in [0.2, 0.25) is 0 Å². The maximum Gasteiger partial charge on any atom is 0.227 e. The molecule has 0 N–H and O–H groups in total. The van der Waals surface area contributed by atoms with Crippen LogP contribution in [0.4, 0.5) is 5.69 Å². The number of ether oxygens (including phenoxy) is 1. The van der Waals surface area contributed by atoms with Gasteiger partial charge in [-0.25, -0.2) is 0 Å². The van der Waals surface area contributed by atoms with E-state index in [9.17, 15) is 4.79 Å². The van der Waals surface area contributed by atoms with E-state index in [4.69, 9.17) is 4.74 Å². The number of hydrogen-bond donors (Lipinski definition) is 0. The van der Waals surface area contributed by atoms with Gasteiger partial charge in [0.2, 0.25) is 5.91 Å². The number of hydrogen-bond acceptors (Lipinski definition) is 2. The highest BCUT2D eigenvalue weighted by Gasteiger charge is 2.26. The summed E-state index contributed by atoms with van der Waals surface area (Å²) in [5, 5.41) is 0. The molecule has 3 heteroatoms. The predicted octanol–water partition coefficient (Wildman–Crippen LogP) is 4.13. The Hall–Kier alpha value is -2.29. The molecule has 0 radical (unpaired) electrons. The largest absolute Gasteiger partial charge is 0.487 e. The second-order valence-electron chi connectivity index (χ2n) is 6.24. The number of amides is 1. The molecule has 3 rings (SSSR count). The zero-order valence-electron chi connectivity index (χ0n) is 13.8. The maximum absolute atomic E-state index is 12.6. The average molecular weight is 309 g/mol. The van der Waals surface area contributed by atoms with Gasteiger partial charge in [-0.2, -0.15) is 0 Å². The van der Waals surface area contributed by atoms with Crippen LogP contribution >= 0.6 is 0 Å². The molecular formula is C20H23NO2. The van der Waals surface area contributed by atoms with Gasteiger partial charge < -0.3 is 9.64 Å². The van der Waals surface area contributed by atoms with Gasteiger partial charge in [0.25, 0.3) is 0 Å². The molecule has 0 bridgehead atoms. The normalized spacial score (nSPS) is 16.6. The summed E-state index contributed by atoms with van der Waals surface area (Å²) >= 11 is 0. The molecule has 0 aliphatic carbocycles. The number of carbonyl (C=O) groups is 1. The highest BCUT2D eigenvalue weighted by molar-refractivity contribution is 5.95. The predicted molar refractivity (Wildman–Crippen MR) is 93.0 cm³/mol. The summed E-state index contributed by atoms with van der Waals surface area (Å²) in [6, 6.07) is 16.3. The number of benzene rings is 2. The van der Waals surface area contributed by atoms with Crippen LogP contribution in [0.5, 0.6) is 5.75 Å². The van der Waals surface area contributed by atoms with Gasteiger partial charge in [0.05, 0.1) is 12.2 Å². The van der Waals surface area contributed by atoms with E-state index in [1.807, 2.05) is 36.1 Å².